The van der Waals surface area contributed by atoms with Crippen LogP contribution in [-0.4, -0.2) is 32.0 Å². The average molecular weight is 474 g/mol. The summed E-state index contributed by atoms with van der Waals surface area (Å²) in [6.07, 6.45) is 1.58. The minimum absolute atomic E-state index is 0.0982. The number of allylic oxidation sites excluding steroid dienone is 1. The van der Waals surface area contributed by atoms with Crippen molar-refractivity contribution in [3.8, 4) is 0 Å². The van der Waals surface area contributed by atoms with Crippen LogP contribution in [0.5, 0.6) is 0 Å². The molecule has 0 unspecified atom stereocenters. The summed E-state index contributed by atoms with van der Waals surface area (Å²) in [5.41, 5.74) is 5.24. The molecule has 2 N–H and O–H groups in total. The molecule has 10 nitrogen and oxygen atoms in total. The largest absolute Gasteiger partial charge is 0.283 e. The van der Waals surface area contributed by atoms with Crippen molar-refractivity contribution in [2.75, 3.05) is 5.75 Å². The summed E-state index contributed by atoms with van der Waals surface area (Å²) < 4.78 is 1.46. The number of nitro groups is 1. The van der Waals surface area contributed by atoms with Crippen molar-refractivity contribution in [3.63, 3.8) is 0 Å². The molecule has 0 saturated carbocycles. The number of carbonyl (C=O) groups is 2. The highest BCUT2D eigenvalue weighted by Gasteiger charge is 2.17. The number of hydrogen-bond donors (Lipinski definition) is 2. The van der Waals surface area contributed by atoms with E-state index in [1.54, 1.807) is 6.08 Å². The summed E-state index contributed by atoms with van der Waals surface area (Å²) >= 11 is 2.48. The van der Waals surface area contributed by atoms with Gasteiger partial charge in [-0.1, -0.05) is 17.8 Å². The van der Waals surface area contributed by atoms with Gasteiger partial charge < -0.3 is 0 Å². The van der Waals surface area contributed by atoms with Crippen LogP contribution in [0.3, 0.4) is 0 Å². The molecule has 3 rings (SSSR count). The zero-order valence-corrected chi connectivity index (χ0v) is 18.8. The van der Waals surface area contributed by atoms with Crippen LogP contribution in [0.4, 0.5) is 5.69 Å². The fraction of sp³-hybridized carbons (Fsp3) is 0.200. The summed E-state index contributed by atoms with van der Waals surface area (Å²) in [4.78, 5) is 53.5. The van der Waals surface area contributed by atoms with Crippen LogP contribution in [0.1, 0.15) is 20.8 Å². The van der Waals surface area contributed by atoms with Crippen LogP contribution >= 0.6 is 23.1 Å². The van der Waals surface area contributed by atoms with Gasteiger partial charge in [0.1, 0.15) is 4.83 Å². The number of non-ortho nitro benzene ring substituents is 1. The summed E-state index contributed by atoms with van der Waals surface area (Å²) in [5, 5.41) is 11.6. The van der Waals surface area contributed by atoms with E-state index in [9.17, 15) is 24.5 Å². The Morgan fingerprint density at radius 2 is 1.97 bits per heavy atom. The van der Waals surface area contributed by atoms with Gasteiger partial charge >= 0.3 is 0 Å². The number of thioether (sulfide) groups is 1. The Labute approximate surface area is 190 Å². The van der Waals surface area contributed by atoms with Gasteiger partial charge in [-0.2, -0.15) is 0 Å². The van der Waals surface area contributed by atoms with E-state index < -0.39 is 16.7 Å². The molecular weight excluding hydrogens is 454 g/mol. The molecule has 2 heterocycles. The molecular formula is C20H19N5O5S2. The third-order valence-corrected chi connectivity index (χ3v) is 6.63. The van der Waals surface area contributed by atoms with Gasteiger partial charge in [-0.25, -0.2) is 4.98 Å². The topological polar surface area (TPSA) is 136 Å². The van der Waals surface area contributed by atoms with Gasteiger partial charge in [0, 0.05) is 29.1 Å². The van der Waals surface area contributed by atoms with Gasteiger partial charge in [0.25, 0.3) is 17.2 Å². The molecule has 0 bridgehead atoms. The van der Waals surface area contributed by atoms with Crippen molar-refractivity contribution in [3.05, 3.63) is 73.4 Å². The Balaban J connectivity index is 1.67. The Hall–Kier alpha value is -3.51. The fourth-order valence-electron chi connectivity index (χ4n) is 2.81. The fourth-order valence-corrected chi connectivity index (χ4v) is 4.69. The van der Waals surface area contributed by atoms with Gasteiger partial charge in [-0.15, -0.1) is 17.9 Å². The molecule has 0 aliphatic carbocycles. The highest BCUT2D eigenvalue weighted by Crippen LogP contribution is 2.28. The molecule has 0 fully saturated rings. The first-order chi connectivity index (χ1) is 15.2. The lowest BCUT2D eigenvalue weighted by Crippen LogP contribution is -2.42. The normalized spacial score (nSPS) is 10.7. The summed E-state index contributed by atoms with van der Waals surface area (Å²) in [6.45, 7) is 7.72. The Kier molecular flexibility index (Phi) is 7.05. The number of nitrogens with zero attached hydrogens (tertiary/aromatic N) is 3. The Bertz CT molecular complexity index is 1280. The van der Waals surface area contributed by atoms with Crippen molar-refractivity contribution >= 4 is 50.8 Å². The zero-order valence-electron chi connectivity index (χ0n) is 17.2. The van der Waals surface area contributed by atoms with Gasteiger partial charge in [-0.3, -0.25) is 39.9 Å². The van der Waals surface area contributed by atoms with E-state index in [0.717, 1.165) is 22.2 Å². The maximum absolute atomic E-state index is 12.9. The van der Waals surface area contributed by atoms with Gasteiger partial charge in [0.15, 0.2) is 5.16 Å². The van der Waals surface area contributed by atoms with Gasteiger partial charge in [0.2, 0.25) is 5.91 Å². The molecule has 0 aliphatic heterocycles. The first-order valence-corrected chi connectivity index (χ1v) is 11.1. The number of amides is 2. The first kappa shape index (κ1) is 23.2. The number of nitro benzene ring substituents is 1. The minimum atomic E-state index is -0.620. The van der Waals surface area contributed by atoms with E-state index in [2.05, 4.69) is 22.4 Å². The van der Waals surface area contributed by atoms with E-state index in [-0.39, 0.29) is 29.1 Å². The van der Waals surface area contributed by atoms with E-state index >= 15 is 0 Å². The Morgan fingerprint density at radius 1 is 1.28 bits per heavy atom. The molecule has 2 amide bonds. The van der Waals surface area contributed by atoms with Crippen LogP contribution in [0, 0.1) is 24.0 Å². The number of hydrazine groups is 1. The number of hydrogen-bond acceptors (Lipinski definition) is 8. The lowest BCUT2D eigenvalue weighted by atomic mass is 10.2. The number of aromatic nitrogens is 2. The minimum Gasteiger partial charge on any atom is -0.283 e. The molecule has 166 valence electrons. The smallest absolute Gasteiger partial charge is 0.269 e. The number of aryl methyl sites for hydroxylation is 2. The van der Waals surface area contributed by atoms with Crippen LogP contribution in [0.15, 0.2) is 46.9 Å². The number of carbonyl (C=O) groups excluding carboxylic acids is 2. The van der Waals surface area contributed by atoms with E-state index in [1.807, 2.05) is 13.8 Å². The predicted octanol–water partition coefficient (Wildman–Crippen LogP) is 2.72. The van der Waals surface area contributed by atoms with E-state index in [1.165, 1.54) is 40.2 Å². The number of rotatable bonds is 7. The summed E-state index contributed by atoms with van der Waals surface area (Å²) in [7, 11) is 0. The molecule has 0 atom stereocenters. The molecule has 0 aliphatic rings. The van der Waals surface area contributed by atoms with Crippen molar-refractivity contribution in [2.24, 2.45) is 0 Å². The monoisotopic (exact) mass is 473 g/mol. The molecule has 3 aromatic rings. The second-order valence-corrected chi connectivity index (χ2v) is 8.80. The van der Waals surface area contributed by atoms with Gasteiger partial charge in [-0.05, 0) is 31.5 Å². The standard InChI is InChI=1S/C20H19N5O5S2/c1-4-9-24-19(28)16-11(2)12(3)32-18(16)21-20(24)31-10-15(26)22-23-17(27)13-5-7-14(8-6-13)25(29)30/h4-8H,1,9-10H2,2-3H3,(H,22,26)(H,23,27). The lowest BCUT2D eigenvalue weighted by Gasteiger charge is -2.11. The predicted molar refractivity (Wildman–Crippen MR) is 123 cm³/mol. The average Bonchev–Trinajstić information content (AvgIpc) is 3.06. The van der Waals surface area contributed by atoms with Crippen LogP contribution in [-0.2, 0) is 11.3 Å². The molecule has 2 aromatic heterocycles. The number of nitrogens with one attached hydrogen (secondary N) is 2. The molecule has 0 spiro atoms. The van der Waals surface area contributed by atoms with Crippen molar-refractivity contribution < 1.29 is 14.5 Å². The van der Waals surface area contributed by atoms with Crippen molar-refractivity contribution in [1.82, 2.24) is 20.4 Å². The van der Waals surface area contributed by atoms with Crippen LogP contribution in [0.25, 0.3) is 10.2 Å². The second-order valence-electron chi connectivity index (χ2n) is 6.66. The van der Waals surface area contributed by atoms with Crippen LogP contribution in [0.2, 0.25) is 0 Å². The quantitative estimate of drug-likeness (QED) is 0.177. The lowest BCUT2D eigenvalue weighted by molar-refractivity contribution is -0.384. The summed E-state index contributed by atoms with van der Waals surface area (Å²) in [5.74, 6) is -1.23. The molecule has 12 heteroatoms. The van der Waals surface area contributed by atoms with Crippen LogP contribution < -0.4 is 16.4 Å². The highest BCUT2D eigenvalue weighted by atomic mass is 32.2. The van der Waals surface area contributed by atoms with E-state index in [0.29, 0.717) is 15.4 Å². The molecule has 32 heavy (non-hydrogen) atoms. The summed E-state index contributed by atoms with van der Waals surface area (Å²) in [6, 6.07) is 4.96. The van der Waals surface area contributed by atoms with Gasteiger partial charge in [0.05, 0.1) is 16.1 Å². The number of fused-ring (bicyclic) bond motifs is 1. The molecule has 1 aromatic carbocycles. The zero-order chi connectivity index (χ0) is 23.4. The van der Waals surface area contributed by atoms with Crippen molar-refractivity contribution in [2.45, 2.75) is 25.5 Å². The number of benzene rings is 1. The third kappa shape index (κ3) is 4.86. The van der Waals surface area contributed by atoms with E-state index in [4.69, 9.17) is 0 Å². The molecule has 0 saturated heterocycles. The van der Waals surface area contributed by atoms with Crippen molar-refractivity contribution in [1.29, 1.82) is 0 Å². The number of thiophene rings is 1. The second kappa shape index (κ2) is 9.75. The Morgan fingerprint density at radius 3 is 2.59 bits per heavy atom. The first-order valence-electron chi connectivity index (χ1n) is 9.30. The molecule has 0 radical (unpaired) electrons. The maximum Gasteiger partial charge on any atom is 0.269 e. The maximum atomic E-state index is 12.9. The SMILES string of the molecule is C=CCn1c(SCC(=O)NNC(=O)c2ccc([N+](=O)[O-])cc2)nc2sc(C)c(C)c2c1=O. The highest BCUT2D eigenvalue weighted by molar-refractivity contribution is 7.99. The third-order valence-electron chi connectivity index (χ3n) is 4.55.